The molecule has 2 aliphatic rings. The average Bonchev–Trinajstić information content (AvgIpc) is 3.26. The van der Waals surface area contributed by atoms with Crippen molar-refractivity contribution in [2.45, 2.75) is 38.6 Å². The smallest absolute Gasteiger partial charge is 0.325 e. The van der Waals surface area contributed by atoms with E-state index < -0.39 is 12.0 Å². The van der Waals surface area contributed by atoms with Crippen LogP contribution in [-0.4, -0.2) is 58.0 Å². The largest absolute Gasteiger partial charge is 0.480 e. The van der Waals surface area contributed by atoms with Crippen LogP contribution in [0.3, 0.4) is 0 Å². The van der Waals surface area contributed by atoms with E-state index in [-0.39, 0.29) is 5.91 Å². The van der Waals surface area contributed by atoms with E-state index in [0.717, 1.165) is 42.3 Å². The summed E-state index contributed by atoms with van der Waals surface area (Å²) >= 11 is 0. The van der Waals surface area contributed by atoms with E-state index in [0.29, 0.717) is 48.8 Å². The van der Waals surface area contributed by atoms with E-state index >= 15 is 0 Å². The predicted molar refractivity (Wildman–Crippen MR) is 132 cm³/mol. The highest BCUT2D eigenvalue weighted by Crippen LogP contribution is 2.33. The van der Waals surface area contributed by atoms with Crippen LogP contribution in [0.15, 0.2) is 30.5 Å². The van der Waals surface area contributed by atoms with Crippen molar-refractivity contribution in [2.24, 2.45) is 0 Å². The highest BCUT2D eigenvalue weighted by atomic mass is 16.4. The zero-order valence-corrected chi connectivity index (χ0v) is 19.7. The molecule has 35 heavy (non-hydrogen) atoms. The van der Waals surface area contributed by atoms with Crippen molar-refractivity contribution in [3.63, 3.8) is 0 Å². The van der Waals surface area contributed by atoms with Gasteiger partial charge in [-0.2, -0.15) is 5.26 Å². The third-order valence-electron chi connectivity index (χ3n) is 6.94. The van der Waals surface area contributed by atoms with Gasteiger partial charge in [0.25, 0.3) is 0 Å². The van der Waals surface area contributed by atoms with Crippen LogP contribution in [0.25, 0.3) is 10.9 Å². The van der Waals surface area contributed by atoms with Crippen LogP contribution < -0.4 is 10.2 Å². The van der Waals surface area contributed by atoms with Crippen molar-refractivity contribution in [3.8, 4) is 6.07 Å². The number of nitriles is 1. The first-order valence-corrected chi connectivity index (χ1v) is 12.0. The minimum atomic E-state index is -0.922. The molecule has 1 fully saturated rings. The number of piperazine rings is 1. The number of benzene rings is 1. The number of aliphatic carboxylic acids is 1. The second kappa shape index (κ2) is 9.39. The topological polar surface area (TPSA) is 125 Å². The summed E-state index contributed by atoms with van der Waals surface area (Å²) in [6.45, 7) is 3.67. The second-order valence-electron chi connectivity index (χ2n) is 9.23. The number of hydrogen-bond donors (Lipinski definition) is 3. The number of hydrogen-bond acceptors (Lipinski definition) is 6. The lowest BCUT2D eigenvalue weighted by Gasteiger charge is -2.38. The lowest BCUT2D eigenvalue weighted by atomic mass is 9.94. The van der Waals surface area contributed by atoms with Gasteiger partial charge in [0.15, 0.2) is 0 Å². The molecule has 5 rings (SSSR count). The molecule has 0 radical (unpaired) electrons. The van der Waals surface area contributed by atoms with Crippen LogP contribution in [0, 0.1) is 11.3 Å². The molecular weight excluding hydrogens is 444 g/mol. The van der Waals surface area contributed by atoms with E-state index in [1.165, 1.54) is 12.5 Å². The Labute approximate surface area is 203 Å². The lowest BCUT2D eigenvalue weighted by Crippen LogP contribution is -2.49. The summed E-state index contributed by atoms with van der Waals surface area (Å²) in [4.78, 5) is 36.0. The molecule has 0 spiro atoms. The van der Waals surface area contributed by atoms with Gasteiger partial charge < -0.3 is 20.3 Å². The van der Waals surface area contributed by atoms with Crippen molar-refractivity contribution in [3.05, 3.63) is 52.8 Å². The molecule has 2 aromatic heterocycles. The zero-order chi connectivity index (χ0) is 24.5. The number of pyridine rings is 1. The monoisotopic (exact) mass is 472 g/mol. The Bertz CT molecular complexity index is 1330. The molecule has 9 nitrogen and oxygen atoms in total. The van der Waals surface area contributed by atoms with Gasteiger partial charge in [0.05, 0.1) is 5.56 Å². The molecule has 3 N–H and O–H groups in total. The highest BCUT2D eigenvalue weighted by molar-refractivity contribution is 5.95. The third-order valence-corrected chi connectivity index (χ3v) is 6.94. The molecule has 0 unspecified atom stereocenters. The van der Waals surface area contributed by atoms with Gasteiger partial charge in [0, 0.05) is 67.1 Å². The first kappa shape index (κ1) is 22.9. The Balaban J connectivity index is 1.39. The molecule has 1 saturated heterocycles. The number of fused-ring (bicyclic) bond motifs is 2. The van der Waals surface area contributed by atoms with Gasteiger partial charge in [-0.1, -0.05) is 0 Å². The standard InChI is InChI=1S/C26H28N6O3/c1-16(33)29-19-6-7-23-20(13-19)21(15-28-23)24(26(34)35)31-8-10-32(11-9-31)25-18(14-27)12-17-4-2-3-5-22(17)30-25/h6-7,12-13,15,24,28H,2-5,8-11H2,1H3,(H,29,33)(H,34,35)/t24-/m0/s1. The number of carboxylic acids is 1. The summed E-state index contributed by atoms with van der Waals surface area (Å²) in [5.41, 5.74) is 4.97. The van der Waals surface area contributed by atoms with Crippen molar-refractivity contribution in [1.82, 2.24) is 14.9 Å². The summed E-state index contributed by atoms with van der Waals surface area (Å²) in [6.07, 6.45) is 5.91. The fourth-order valence-corrected chi connectivity index (χ4v) is 5.27. The quantitative estimate of drug-likeness (QED) is 0.521. The normalized spacial score (nSPS) is 17.0. The number of nitrogens with zero attached hydrogens (tertiary/aromatic N) is 4. The molecule has 1 aromatic carbocycles. The number of amides is 1. The summed E-state index contributed by atoms with van der Waals surface area (Å²) in [5.74, 6) is -0.388. The minimum Gasteiger partial charge on any atom is -0.480 e. The first-order chi connectivity index (χ1) is 16.9. The molecule has 180 valence electrons. The Morgan fingerprint density at radius 3 is 2.66 bits per heavy atom. The molecule has 3 aromatic rings. The van der Waals surface area contributed by atoms with Gasteiger partial charge in [-0.3, -0.25) is 14.5 Å². The number of anilines is 2. The van der Waals surface area contributed by atoms with Gasteiger partial charge in [-0.05, 0) is 55.5 Å². The Kier molecular flexibility index (Phi) is 6.14. The number of aryl methyl sites for hydroxylation is 2. The number of aromatic nitrogens is 2. The van der Waals surface area contributed by atoms with Gasteiger partial charge in [-0.15, -0.1) is 0 Å². The molecular formula is C26H28N6O3. The van der Waals surface area contributed by atoms with E-state index in [1.807, 2.05) is 23.1 Å². The summed E-state index contributed by atoms with van der Waals surface area (Å²) in [7, 11) is 0. The van der Waals surface area contributed by atoms with Crippen molar-refractivity contribution < 1.29 is 14.7 Å². The van der Waals surface area contributed by atoms with Crippen molar-refractivity contribution in [1.29, 1.82) is 5.26 Å². The molecule has 9 heteroatoms. The van der Waals surface area contributed by atoms with Gasteiger partial charge in [-0.25, -0.2) is 4.98 Å². The fourth-order valence-electron chi connectivity index (χ4n) is 5.27. The number of rotatable bonds is 5. The molecule has 1 atom stereocenters. The Morgan fingerprint density at radius 2 is 1.94 bits per heavy atom. The summed E-state index contributed by atoms with van der Waals surface area (Å²) in [6, 6.07) is 8.91. The van der Waals surface area contributed by atoms with Crippen molar-refractivity contribution >= 4 is 34.3 Å². The maximum atomic E-state index is 12.4. The number of nitrogens with one attached hydrogen (secondary N) is 2. The number of carbonyl (C=O) groups is 2. The molecule has 1 aliphatic heterocycles. The number of carboxylic acid groups (broad SMARTS) is 1. The van der Waals surface area contributed by atoms with E-state index in [1.54, 1.807) is 12.3 Å². The maximum Gasteiger partial charge on any atom is 0.325 e. The second-order valence-corrected chi connectivity index (χ2v) is 9.23. The fraction of sp³-hybridized carbons (Fsp3) is 0.385. The van der Waals surface area contributed by atoms with Gasteiger partial charge in [0.1, 0.15) is 17.9 Å². The van der Waals surface area contributed by atoms with Crippen LogP contribution >= 0.6 is 0 Å². The molecule has 0 saturated carbocycles. The Morgan fingerprint density at radius 1 is 1.17 bits per heavy atom. The van der Waals surface area contributed by atoms with E-state index in [9.17, 15) is 20.0 Å². The molecule has 0 bridgehead atoms. The highest BCUT2D eigenvalue weighted by Gasteiger charge is 2.33. The van der Waals surface area contributed by atoms with Gasteiger partial charge in [0.2, 0.25) is 5.91 Å². The lowest BCUT2D eigenvalue weighted by molar-refractivity contribution is -0.143. The number of H-pyrrole nitrogens is 1. The summed E-state index contributed by atoms with van der Waals surface area (Å²) in [5, 5.41) is 23.4. The van der Waals surface area contributed by atoms with Crippen LogP contribution in [0.2, 0.25) is 0 Å². The van der Waals surface area contributed by atoms with Crippen LogP contribution in [0.5, 0.6) is 0 Å². The van der Waals surface area contributed by atoms with Gasteiger partial charge >= 0.3 is 5.97 Å². The third kappa shape index (κ3) is 4.45. The zero-order valence-electron chi connectivity index (χ0n) is 19.7. The molecule has 1 amide bonds. The number of aromatic amines is 1. The average molecular weight is 473 g/mol. The first-order valence-electron chi connectivity index (χ1n) is 12.0. The maximum absolute atomic E-state index is 12.4. The summed E-state index contributed by atoms with van der Waals surface area (Å²) < 4.78 is 0. The minimum absolute atomic E-state index is 0.181. The predicted octanol–water partition coefficient (Wildman–Crippen LogP) is 3.22. The van der Waals surface area contributed by atoms with Crippen LogP contribution in [0.4, 0.5) is 11.5 Å². The SMILES string of the molecule is CC(=O)Nc1ccc2[nH]cc([C@@H](C(=O)O)N3CCN(c4nc5c(cc4C#N)CCCC5)CC3)c2c1. The van der Waals surface area contributed by atoms with E-state index in [2.05, 4.69) is 21.3 Å². The van der Waals surface area contributed by atoms with E-state index in [4.69, 9.17) is 4.98 Å². The Hall–Kier alpha value is -3.90. The van der Waals surface area contributed by atoms with Crippen LogP contribution in [0.1, 0.15) is 48.2 Å². The molecule has 1 aliphatic carbocycles. The number of carbonyl (C=O) groups excluding carboxylic acids is 1. The van der Waals surface area contributed by atoms with Crippen LogP contribution in [-0.2, 0) is 22.4 Å². The van der Waals surface area contributed by atoms with Crippen molar-refractivity contribution in [2.75, 3.05) is 36.4 Å². The molecule has 3 heterocycles.